The van der Waals surface area contributed by atoms with Crippen LogP contribution in [0.5, 0.6) is 5.75 Å². The van der Waals surface area contributed by atoms with Crippen molar-refractivity contribution in [1.82, 2.24) is 15.2 Å². The van der Waals surface area contributed by atoms with Gasteiger partial charge < -0.3 is 20.2 Å². The van der Waals surface area contributed by atoms with E-state index >= 15 is 0 Å². The molecule has 2 aromatic rings. The average Bonchev–Trinajstić information content (AvgIpc) is 2.80. The molecule has 2 aliphatic heterocycles. The minimum atomic E-state index is 0.100. The summed E-state index contributed by atoms with van der Waals surface area (Å²) >= 11 is 0. The summed E-state index contributed by atoms with van der Waals surface area (Å²) < 4.78 is 0. The van der Waals surface area contributed by atoms with Gasteiger partial charge in [0.1, 0.15) is 11.6 Å². The van der Waals surface area contributed by atoms with Crippen LogP contribution in [-0.4, -0.2) is 53.2 Å². The molecule has 2 N–H and O–H groups in total. The molecule has 2 fully saturated rings. The number of piperidine rings is 2. The molecule has 1 aromatic carbocycles. The highest BCUT2D eigenvalue weighted by Crippen LogP contribution is 2.24. The van der Waals surface area contributed by atoms with Gasteiger partial charge in [0.2, 0.25) is 0 Å². The zero-order valence-corrected chi connectivity index (χ0v) is 17.5. The third-order valence-electron chi connectivity index (χ3n) is 6.48. The predicted octanol–water partition coefficient (Wildman–Crippen LogP) is 3.81. The third-order valence-corrected chi connectivity index (χ3v) is 6.48. The molecule has 2 amide bonds. The van der Waals surface area contributed by atoms with E-state index in [0.717, 1.165) is 70.5 Å². The van der Waals surface area contributed by atoms with Gasteiger partial charge in [-0.25, -0.2) is 9.78 Å². The van der Waals surface area contributed by atoms with E-state index in [4.69, 9.17) is 0 Å². The van der Waals surface area contributed by atoms with Gasteiger partial charge in [0.05, 0.1) is 0 Å². The summed E-state index contributed by atoms with van der Waals surface area (Å²) in [6.45, 7) is 3.56. The molecule has 0 bridgehead atoms. The van der Waals surface area contributed by atoms with Crippen LogP contribution in [0.1, 0.15) is 37.7 Å². The van der Waals surface area contributed by atoms with Crippen LogP contribution < -0.4 is 10.2 Å². The van der Waals surface area contributed by atoms with E-state index in [-0.39, 0.29) is 12.1 Å². The number of benzene rings is 1. The molecule has 2 aliphatic rings. The van der Waals surface area contributed by atoms with Crippen molar-refractivity contribution < 1.29 is 9.90 Å². The van der Waals surface area contributed by atoms with Gasteiger partial charge in [0.25, 0.3) is 0 Å². The first-order valence-electron chi connectivity index (χ1n) is 11.2. The summed E-state index contributed by atoms with van der Waals surface area (Å²) in [5.41, 5.74) is 1.27. The number of rotatable bonds is 5. The van der Waals surface area contributed by atoms with Crippen LogP contribution in [0.4, 0.5) is 10.6 Å². The molecule has 0 saturated carbocycles. The van der Waals surface area contributed by atoms with Gasteiger partial charge in [0, 0.05) is 38.4 Å². The number of hydrogen-bond acceptors (Lipinski definition) is 4. The van der Waals surface area contributed by atoms with Crippen LogP contribution in [0.3, 0.4) is 0 Å². The zero-order valence-electron chi connectivity index (χ0n) is 17.5. The SMILES string of the molecule is O=C(NC1CCN(c2ccccn2)CC1)N1CCC(CCc2ccc(O)cc2)CC1. The van der Waals surface area contributed by atoms with Crippen molar-refractivity contribution in [3.63, 3.8) is 0 Å². The number of aryl methyl sites for hydroxylation is 1. The molecule has 1 aromatic heterocycles. The lowest BCUT2D eigenvalue weighted by molar-refractivity contribution is 0.163. The first kappa shape index (κ1) is 20.5. The molecule has 6 nitrogen and oxygen atoms in total. The van der Waals surface area contributed by atoms with Crippen molar-refractivity contribution in [3.05, 3.63) is 54.2 Å². The van der Waals surface area contributed by atoms with Crippen LogP contribution in [0.2, 0.25) is 0 Å². The summed E-state index contributed by atoms with van der Waals surface area (Å²) in [4.78, 5) is 21.4. The van der Waals surface area contributed by atoms with E-state index in [0.29, 0.717) is 11.7 Å². The van der Waals surface area contributed by atoms with E-state index in [1.165, 1.54) is 5.56 Å². The van der Waals surface area contributed by atoms with Crippen molar-refractivity contribution in [2.24, 2.45) is 5.92 Å². The minimum Gasteiger partial charge on any atom is -0.508 e. The normalized spacial score (nSPS) is 18.4. The molecule has 30 heavy (non-hydrogen) atoms. The number of anilines is 1. The summed E-state index contributed by atoms with van der Waals surface area (Å²) in [5.74, 6) is 2.02. The topological polar surface area (TPSA) is 68.7 Å². The fourth-order valence-corrected chi connectivity index (χ4v) is 4.52. The molecule has 3 heterocycles. The number of likely N-dealkylation sites (tertiary alicyclic amines) is 1. The first-order chi connectivity index (χ1) is 14.7. The van der Waals surface area contributed by atoms with E-state index in [1.807, 2.05) is 41.4 Å². The number of aromatic hydroxyl groups is 1. The fourth-order valence-electron chi connectivity index (χ4n) is 4.52. The minimum absolute atomic E-state index is 0.100. The summed E-state index contributed by atoms with van der Waals surface area (Å²) in [5, 5.41) is 12.6. The zero-order chi connectivity index (χ0) is 20.8. The van der Waals surface area contributed by atoms with Crippen LogP contribution in [0.25, 0.3) is 0 Å². The lowest BCUT2D eigenvalue weighted by Crippen LogP contribution is -2.51. The largest absolute Gasteiger partial charge is 0.508 e. The maximum atomic E-state index is 12.7. The van der Waals surface area contributed by atoms with Gasteiger partial charge in [-0.15, -0.1) is 0 Å². The number of phenolic OH excluding ortho intramolecular Hbond substituents is 1. The summed E-state index contributed by atoms with van der Waals surface area (Å²) in [7, 11) is 0. The second kappa shape index (κ2) is 9.83. The van der Waals surface area contributed by atoms with E-state index in [2.05, 4.69) is 15.2 Å². The van der Waals surface area contributed by atoms with Gasteiger partial charge >= 0.3 is 6.03 Å². The van der Waals surface area contributed by atoms with Crippen LogP contribution in [-0.2, 0) is 6.42 Å². The second-order valence-corrected chi connectivity index (χ2v) is 8.53. The van der Waals surface area contributed by atoms with E-state index < -0.39 is 0 Å². The summed E-state index contributed by atoms with van der Waals surface area (Å²) in [6, 6.07) is 13.9. The van der Waals surface area contributed by atoms with Gasteiger partial charge in [-0.1, -0.05) is 18.2 Å². The fraction of sp³-hybridized carbons (Fsp3) is 0.500. The molecule has 0 aliphatic carbocycles. The molecule has 6 heteroatoms. The number of hydrogen-bond donors (Lipinski definition) is 2. The highest BCUT2D eigenvalue weighted by Gasteiger charge is 2.26. The molecule has 0 spiro atoms. The Kier molecular flexibility index (Phi) is 6.72. The third kappa shape index (κ3) is 5.43. The Morgan fingerprint density at radius 1 is 1.00 bits per heavy atom. The Balaban J connectivity index is 1.15. The Morgan fingerprint density at radius 3 is 2.40 bits per heavy atom. The second-order valence-electron chi connectivity index (χ2n) is 8.53. The monoisotopic (exact) mass is 408 g/mol. The smallest absolute Gasteiger partial charge is 0.317 e. The quantitative estimate of drug-likeness (QED) is 0.789. The van der Waals surface area contributed by atoms with Crippen molar-refractivity contribution in [3.8, 4) is 5.75 Å². The van der Waals surface area contributed by atoms with Gasteiger partial charge in [-0.3, -0.25) is 0 Å². The van der Waals surface area contributed by atoms with Crippen molar-refractivity contribution in [2.75, 3.05) is 31.1 Å². The number of amides is 2. The maximum Gasteiger partial charge on any atom is 0.317 e. The van der Waals surface area contributed by atoms with E-state index in [1.54, 1.807) is 12.1 Å². The number of phenols is 1. The van der Waals surface area contributed by atoms with Crippen molar-refractivity contribution in [1.29, 1.82) is 0 Å². The average molecular weight is 409 g/mol. The van der Waals surface area contributed by atoms with Gasteiger partial charge in [-0.2, -0.15) is 0 Å². The molecule has 0 radical (unpaired) electrons. The highest BCUT2D eigenvalue weighted by atomic mass is 16.3. The number of urea groups is 1. The Hall–Kier alpha value is -2.76. The van der Waals surface area contributed by atoms with Crippen LogP contribution >= 0.6 is 0 Å². The van der Waals surface area contributed by atoms with Crippen LogP contribution in [0.15, 0.2) is 48.7 Å². The number of pyridine rings is 1. The molecule has 160 valence electrons. The maximum absolute atomic E-state index is 12.7. The molecular weight excluding hydrogens is 376 g/mol. The predicted molar refractivity (Wildman–Crippen MR) is 119 cm³/mol. The Labute approximate surface area is 178 Å². The number of carbonyl (C=O) groups excluding carboxylic acids is 1. The number of carbonyl (C=O) groups is 1. The number of nitrogens with zero attached hydrogens (tertiary/aromatic N) is 3. The molecular formula is C24H32N4O2. The molecule has 2 saturated heterocycles. The number of aromatic nitrogens is 1. The van der Waals surface area contributed by atoms with Crippen LogP contribution in [0, 0.1) is 5.92 Å². The first-order valence-corrected chi connectivity index (χ1v) is 11.2. The van der Waals surface area contributed by atoms with Crippen molar-refractivity contribution in [2.45, 2.75) is 44.6 Å². The Morgan fingerprint density at radius 2 is 1.73 bits per heavy atom. The lowest BCUT2D eigenvalue weighted by Gasteiger charge is -2.36. The standard InChI is InChI=1S/C24H32N4O2/c29-22-8-6-19(7-9-22)4-5-20-10-15-28(16-11-20)24(30)26-21-12-17-27(18-13-21)23-3-1-2-14-25-23/h1-3,6-9,14,20-21,29H,4-5,10-13,15-18H2,(H,26,30). The highest BCUT2D eigenvalue weighted by molar-refractivity contribution is 5.74. The summed E-state index contributed by atoms with van der Waals surface area (Å²) in [6.07, 6.45) is 8.08. The van der Waals surface area contributed by atoms with E-state index in [9.17, 15) is 9.90 Å². The molecule has 0 unspecified atom stereocenters. The van der Waals surface area contributed by atoms with Crippen molar-refractivity contribution >= 4 is 11.8 Å². The van der Waals surface area contributed by atoms with Gasteiger partial charge in [-0.05, 0) is 74.3 Å². The molecule has 0 atom stereocenters. The lowest BCUT2D eigenvalue weighted by atomic mass is 9.90. The Bertz CT molecular complexity index is 796. The van der Waals surface area contributed by atoms with Gasteiger partial charge in [0.15, 0.2) is 0 Å². The number of nitrogens with one attached hydrogen (secondary N) is 1. The molecule has 4 rings (SSSR count).